The second kappa shape index (κ2) is 6.16. The monoisotopic (exact) mass is 304 g/mol. The van der Waals surface area contributed by atoms with Gasteiger partial charge in [0.15, 0.2) is 5.69 Å². The molecule has 0 saturated carbocycles. The Morgan fingerprint density at radius 3 is 2.39 bits per heavy atom. The van der Waals surface area contributed by atoms with Gasteiger partial charge >= 0.3 is 0 Å². The Labute approximate surface area is 139 Å². The minimum Gasteiger partial charge on any atom is -0.198 e. The molecule has 0 aliphatic carbocycles. The van der Waals surface area contributed by atoms with E-state index < -0.39 is 0 Å². The summed E-state index contributed by atoms with van der Waals surface area (Å²) >= 11 is 0. The summed E-state index contributed by atoms with van der Waals surface area (Å²) < 4.78 is 2.31. The van der Waals surface area contributed by atoms with Gasteiger partial charge < -0.3 is 0 Å². The van der Waals surface area contributed by atoms with Gasteiger partial charge in [0.1, 0.15) is 7.05 Å². The number of rotatable bonds is 3. The molecule has 0 bridgehead atoms. The predicted molar refractivity (Wildman–Crippen MR) is 98.6 cm³/mol. The summed E-state index contributed by atoms with van der Waals surface area (Å²) in [6.07, 6.45) is 1.13. The van der Waals surface area contributed by atoms with E-state index >= 15 is 0 Å². The molecule has 0 aliphatic heterocycles. The van der Waals surface area contributed by atoms with Gasteiger partial charge in [0.25, 0.3) is 0 Å². The van der Waals surface area contributed by atoms with Crippen molar-refractivity contribution in [3.05, 3.63) is 65.4 Å². The summed E-state index contributed by atoms with van der Waals surface area (Å²) in [4.78, 5) is 0. The maximum Gasteiger partial charge on any atom is 0.220 e. The molecule has 3 rings (SSSR count). The molecule has 0 atom stereocenters. The molecule has 23 heavy (non-hydrogen) atoms. The number of fused-ring (bicyclic) bond motifs is 1. The van der Waals surface area contributed by atoms with Crippen LogP contribution in [0.2, 0.25) is 0 Å². The lowest BCUT2D eigenvalue weighted by molar-refractivity contribution is -0.665. The molecular formula is C22H26N+. The van der Waals surface area contributed by atoms with Crippen molar-refractivity contribution in [2.45, 2.75) is 34.1 Å². The zero-order valence-corrected chi connectivity index (χ0v) is 14.9. The molecule has 0 saturated heterocycles. The second-order valence-corrected chi connectivity index (χ2v) is 7.03. The highest BCUT2D eigenvalue weighted by atomic mass is 14.9. The first-order chi connectivity index (χ1) is 11.0. The fourth-order valence-electron chi connectivity index (χ4n) is 3.39. The second-order valence-electron chi connectivity index (χ2n) is 7.03. The Hall–Kier alpha value is -2.15. The topological polar surface area (TPSA) is 3.88 Å². The smallest absolute Gasteiger partial charge is 0.198 e. The van der Waals surface area contributed by atoms with Gasteiger partial charge in [0.2, 0.25) is 5.69 Å². The Morgan fingerprint density at radius 1 is 0.957 bits per heavy atom. The molecule has 2 aromatic carbocycles. The SMILES string of the molecule is Cc1ccccc1-c1c2ccc(CC(C)C)cc2cc(C)[n+]1C. The van der Waals surface area contributed by atoms with E-state index in [2.05, 4.69) is 87.8 Å². The lowest BCUT2D eigenvalue weighted by Crippen LogP contribution is -2.35. The Kier molecular flexibility index (Phi) is 4.21. The number of aryl methyl sites for hydroxylation is 2. The number of aromatic nitrogens is 1. The number of hydrogen-bond acceptors (Lipinski definition) is 0. The van der Waals surface area contributed by atoms with Gasteiger partial charge in [0.05, 0.1) is 5.39 Å². The molecule has 1 aromatic heterocycles. The van der Waals surface area contributed by atoms with E-state index in [0.29, 0.717) is 5.92 Å². The van der Waals surface area contributed by atoms with E-state index in [4.69, 9.17) is 0 Å². The quantitative estimate of drug-likeness (QED) is 0.589. The highest BCUT2D eigenvalue weighted by molar-refractivity contribution is 5.94. The van der Waals surface area contributed by atoms with Crippen LogP contribution in [0.1, 0.15) is 30.7 Å². The van der Waals surface area contributed by atoms with Crippen LogP contribution in [-0.2, 0) is 13.5 Å². The van der Waals surface area contributed by atoms with Crippen molar-refractivity contribution in [1.29, 1.82) is 0 Å². The van der Waals surface area contributed by atoms with Crippen LogP contribution in [0.15, 0.2) is 48.5 Å². The van der Waals surface area contributed by atoms with Gasteiger partial charge in [-0.1, -0.05) is 44.2 Å². The van der Waals surface area contributed by atoms with Crippen molar-refractivity contribution in [3.63, 3.8) is 0 Å². The summed E-state index contributed by atoms with van der Waals surface area (Å²) in [5, 5.41) is 2.68. The fraction of sp³-hybridized carbons (Fsp3) is 0.318. The zero-order chi connectivity index (χ0) is 16.6. The van der Waals surface area contributed by atoms with Crippen molar-refractivity contribution in [1.82, 2.24) is 0 Å². The number of hydrogen-bond donors (Lipinski definition) is 0. The van der Waals surface area contributed by atoms with Crippen molar-refractivity contribution in [2.24, 2.45) is 13.0 Å². The minimum absolute atomic E-state index is 0.684. The highest BCUT2D eigenvalue weighted by Gasteiger charge is 2.19. The van der Waals surface area contributed by atoms with Gasteiger partial charge in [-0.05, 0) is 47.9 Å². The molecule has 0 fully saturated rings. The van der Waals surface area contributed by atoms with Crippen LogP contribution in [0.3, 0.4) is 0 Å². The summed E-state index contributed by atoms with van der Waals surface area (Å²) in [6, 6.07) is 17.9. The molecule has 1 heterocycles. The standard InChI is InChI=1S/C22H26N/c1-15(2)12-18-10-11-21-19(14-18)13-17(4)23(5)22(21)20-9-7-6-8-16(20)3/h6-11,13-15H,12H2,1-5H3/q+1. The average Bonchev–Trinajstić information content (AvgIpc) is 2.49. The van der Waals surface area contributed by atoms with Crippen LogP contribution >= 0.6 is 0 Å². The molecule has 3 aromatic rings. The summed E-state index contributed by atoms with van der Waals surface area (Å²) in [5.74, 6) is 0.684. The van der Waals surface area contributed by atoms with Crippen LogP contribution < -0.4 is 4.57 Å². The largest absolute Gasteiger partial charge is 0.220 e. The highest BCUT2D eigenvalue weighted by Crippen LogP contribution is 2.29. The number of nitrogens with zero attached hydrogens (tertiary/aromatic N) is 1. The maximum atomic E-state index is 2.37. The van der Waals surface area contributed by atoms with E-state index in [1.165, 1.54) is 38.9 Å². The first kappa shape index (κ1) is 15.7. The number of pyridine rings is 1. The van der Waals surface area contributed by atoms with E-state index in [0.717, 1.165) is 6.42 Å². The van der Waals surface area contributed by atoms with Crippen LogP contribution in [0.25, 0.3) is 22.0 Å². The number of benzene rings is 2. The molecular weight excluding hydrogens is 278 g/mol. The van der Waals surface area contributed by atoms with Crippen molar-refractivity contribution in [2.75, 3.05) is 0 Å². The van der Waals surface area contributed by atoms with E-state index in [1.807, 2.05) is 0 Å². The molecule has 0 amide bonds. The lowest BCUT2D eigenvalue weighted by atomic mass is 9.95. The lowest BCUT2D eigenvalue weighted by Gasteiger charge is -2.11. The van der Waals surface area contributed by atoms with Gasteiger partial charge in [-0.25, -0.2) is 0 Å². The molecule has 1 heteroatoms. The summed E-state index contributed by atoms with van der Waals surface area (Å²) in [5.41, 5.74) is 6.67. The van der Waals surface area contributed by atoms with Crippen molar-refractivity contribution in [3.8, 4) is 11.3 Å². The average molecular weight is 304 g/mol. The first-order valence-corrected chi connectivity index (χ1v) is 8.45. The van der Waals surface area contributed by atoms with Crippen LogP contribution in [-0.4, -0.2) is 0 Å². The van der Waals surface area contributed by atoms with Gasteiger partial charge in [-0.2, -0.15) is 4.57 Å². The molecule has 0 unspecified atom stereocenters. The van der Waals surface area contributed by atoms with E-state index in [-0.39, 0.29) is 0 Å². The van der Waals surface area contributed by atoms with Crippen molar-refractivity contribution >= 4 is 10.8 Å². The Balaban J connectivity index is 2.28. The molecule has 1 nitrogen and oxygen atoms in total. The van der Waals surface area contributed by atoms with Crippen LogP contribution in [0, 0.1) is 19.8 Å². The minimum atomic E-state index is 0.684. The van der Waals surface area contributed by atoms with Gasteiger partial charge in [-0.15, -0.1) is 0 Å². The normalized spacial score (nSPS) is 11.4. The zero-order valence-electron chi connectivity index (χ0n) is 14.9. The van der Waals surface area contributed by atoms with Crippen LogP contribution in [0.4, 0.5) is 0 Å². The third-order valence-electron chi connectivity index (χ3n) is 4.64. The Bertz CT molecular complexity index is 859. The third-order valence-corrected chi connectivity index (χ3v) is 4.64. The third kappa shape index (κ3) is 3.01. The summed E-state index contributed by atoms with van der Waals surface area (Å²) in [7, 11) is 2.17. The van der Waals surface area contributed by atoms with Gasteiger partial charge in [-0.3, -0.25) is 0 Å². The first-order valence-electron chi connectivity index (χ1n) is 8.45. The molecule has 0 spiro atoms. The van der Waals surface area contributed by atoms with Gasteiger partial charge in [0, 0.05) is 18.6 Å². The van der Waals surface area contributed by atoms with E-state index in [1.54, 1.807) is 0 Å². The molecule has 0 aliphatic rings. The fourth-order valence-corrected chi connectivity index (χ4v) is 3.39. The molecule has 0 radical (unpaired) electrons. The molecule has 118 valence electrons. The van der Waals surface area contributed by atoms with Crippen molar-refractivity contribution < 1.29 is 4.57 Å². The predicted octanol–water partition coefficient (Wildman–Crippen LogP) is 5.15. The van der Waals surface area contributed by atoms with Crippen LogP contribution in [0.5, 0.6) is 0 Å². The Morgan fingerprint density at radius 2 is 1.70 bits per heavy atom. The summed E-state index contributed by atoms with van der Waals surface area (Å²) in [6.45, 7) is 8.94. The van der Waals surface area contributed by atoms with E-state index in [9.17, 15) is 0 Å². The maximum absolute atomic E-state index is 2.37. The molecule has 0 N–H and O–H groups in total.